The molecule has 3 rings (SSSR count). The normalized spacial score (nSPS) is 26.5. The van der Waals surface area contributed by atoms with Crippen molar-refractivity contribution >= 4 is 11.8 Å². The largest absolute Gasteiger partial charge is 0.380 e. The number of carbonyl (C=O) groups is 2. The third-order valence-electron chi connectivity index (χ3n) is 5.21. The lowest BCUT2D eigenvalue weighted by atomic mass is 9.93. The monoisotopic (exact) mass is 316 g/mol. The molecule has 1 aromatic rings. The number of aliphatic hydroxyl groups is 1. The lowest BCUT2D eigenvalue weighted by Crippen LogP contribution is -2.46. The van der Waals surface area contributed by atoms with E-state index in [0.29, 0.717) is 25.8 Å². The summed E-state index contributed by atoms with van der Waals surface area (Å²) >= 11 is 0. The third kappa shape index (κ3) is 3.11. The van der Waals surface area contributed by atoms with Crippen LogP contribution < -0.4 is 5.32 Å². The van der Waals surface area contributed by atoms with Crippen molar-refractivity contribution in [2.45, 2.75) is 43.7 Å². The Balaban J connectivity index is 1.68. The molecule has 1 heterocycles. The van der Waals surface area contributed by atoms with Gasteiger partial charge in [0.15, 0.2) is 0 Å². The van der Waals surface area contributed by atoms with E-state index in [9.17, 15) is 14.7 Å². The molecule has 0 radical (unpaired) electrons. The van der Waals surface area contributed by atoms with E-state index >= 15 is 0 Å². The Hall–Kier alpha value is -1.88. The summed E-state index contributed by atoms with van der Waals surface area (Å²) in [7, 11) is 1.81. The highest BCUT2D eigenvalue weighted by Gasteiger charge is 2.41. The maximum atomic E-state index is 12.3. The predicted octanol–water partition coefficient (Wildman–Crippen LogP) is 1.63. The van der Waals surface area contributed by atoms with Crippen LogP contribution in [-0.4, -0.2) is 41.0 Å². The minimum Gasteiger partial charge on any atom is -0.380 e. The van der Waals surface area contributed by atoms with E-state index in [1.165, 1.54) is 0 Å². The summed E-state index contributed by atoms with van der Waals surface area (Å²) in [6, 6.07) is 9.87. The molecule has 23 heavy (non-hydrogen) atoms. The van der Waals surface area contributed by atoms with Crippen LogP contribution in [0.15, 0.2) is 30.3 Å². The van der Waals surface area contributed by atoms with Gasteiger partial charge in [0.2, 0.25) is 5.91 Å². The van der Waals surface area contributed by atoms with Gasteiger partial charge in [-0.05, 0) is 31.2 Å². The average molecular weight is 316 g/mol. The Kier molecular flexibility index (Phi) is 4.39. The van der Waals surface area contributed by atoms with Crippen LogP contribution in [0.1, 0.15) is 43.7 Å². The zero-order valence-electron chi connectivity index (χ0n) is 13.5. The molecule has 2 aliphatic rings. The van der Waals surface area contributed by atoms with Gasteiger partial charge in [-0.15, -0.1) is 0 Å². The molecule has 2 N–H and O–H groups in total. The smallest absolute Gasteiger partial charge is 0.251 e. The molecule has 1 aliphatic carbocycles. The van der Waals surface area contributed by atoms with Crippen molar-refractivity contribution in [1.29, 1.82) is 0 Å². The molecule has 5 heteroatoms. The number of amides is 2. The highest BCUT2D eigenvalue weighted by molar-refractivity contribution is 5.85. The van der Waals surface area contributed by atoms with Crippen LogP contribution in [0, 0.1) is 5.92 Å². The molecule has 1 aliphatic heterocycles. The van der Waals surface area contributed by atoms with Gasteiger partial charge in [-0.2, -0.15) is 0 Å². The van der Waals surface area contributed by atoms with E-state index in [-0.39, 0.29) is 23.8 Å². The first-order chi connectivity index (χ1) is 11.0. The number of carbonyl (C=O) groups excluding carboxylic acids is 2. The predicted molar refractivity (Wildman–Crippen MR) is 86.5 cm³/mol. The van der Waals surface area contributed by atoms with Crippen LogP contribution in [0.3, 0.4) is 0 Å². The summed E-state index contributed by atoms with van der Waals surface area (Å²) in [6.07, 6.45) is 3.27. The molecule has 1 saturated heterocycles. The minimum atomic E-state index is -1.21. The zero-order valence-corrected chi connectivity index (χ0v) is 13.5. The topological polar surface area (TPSA) is 69.6 Å². The molecular formula is C18H24N2O3. The number of hydrogen-bond donors (Lipinski definition) is 2. The minimum absolute atomic E-state index is 0.0257. The van der Waals surface area contributed by atoms with Gasteiger partial charge in [0.05, 0.1) is 6.04 Å². The molecule has 0 aromatic heterocycles. The highest BCUT2D eigenvalue weighted by Crippen LogP contribution is 2.36. The Morgan fingerprint density at radius 2 is 1.96 bits per heavy atom. The van der Waals surface area contributed by atoms with E-state index in [1.54, 1.807) is 4.90 Å². The van der Waals surface area contributed by atoms with Gasteiger partial charge in [-0.3, -0.25) is 9.59 Å². The maximum absolute atomic E-state index is 12.3. The summed E-state index contributed by atoms with van der Waals surface area (Å²) < 4.78 is 0. The quantitative estimate of drug-likeness (QED) is 0.887. The van der Waals surface area contributed by atoms with Crippen molar-refractivity contribution < 1.29 is 14.7 Å². The molecule has 0 bridgehead atoms. The van der Waals surface area contributed by atoms with Crippen molar-refractivity contribution in [3.05, 3.63) is 35.9 Å². The van der Waals surface area contributed by atoms with Gasteiger partial charge < -0.3 is 15.3 Å². The molecule has 5 nitrogen and oxygen atoms in total. The van der Waals surface area contributed by atoms with Crippen molar-refractivity contribution in [3.63, 3.8) is 0 Å². The van der Waals surface area contributed by atoms with Gasteiger partial charge in [-0.25, -0.2) is 0 Å². The van der Waals surface area contributed by atoms with Crippen LogP contribution in [0.4, 0.5) is 0 Å². The summed E-state index contributed by atoms with van der Waals surface area (Å²) in [4.78, 5) is 26.1. The van der Waals surface area contributed by atoms with Crippen LogP contribution in [0.2, 0.25) is 0 Å². The SMILES string of the molecule is CN1C(=O)CC(CNC(=O)C2(O)CCCC2)C1c1ccccc1. The molecule has 2 amide bonds. The lowest BCUT2D eigenvalue weighted by molar-refractivity contribution is -0.139. The number of likely N-dealkylation sites (tertiary alicyclic amines) is 1. The summed E-state index contributed by atoms with van der Waals surface area (Å²) in [6.45, 7) is 0.413. The van der Waals surface area contributed by atoms with Crippen molar-refractivity contribution in [2.24, 2.45) is 5.92 Å². The Morgan fingerprint density at radius 3 is 2.61 bits per heavy atom. The standard InChI is InChI=1S/C18H24N2O3/c1-20-15(21)11-14(16(20)13-7-3-2-4-8-13)12-19-17(22)18(23)9-5-6-10-18/h2-4,7-8,14,16,23H,5-6,9-12H2,1H3,(H,19,22). The van der Waals surface area contributed by atoms with Crippen LogP contribution >= 0.6 is 0 Å². The number of nitrogens with one attached hydrogen (secondary N) is 1. The molecule has 1 saturated carbocycles. The van der Waals surface area contributed by atoms with E-state index < -0.39 is 5.60 Å². The zero-order chi connectivity index (χ0) is 16.4. The van der Waals surface area contributed by atoms with E-state index in [0.717, 1.165) is 18.4 Å². The second-order valence-electron chi connectivity index (χ2n) is 6.77. The fourth-order valence-electron chi connectivity index (χ4n) is 3.86. The van der Waals surface area contributed by atoms with Crippen molar-refractivity contribution in [3.8, 4) is 0 Å². The Labute approximate surface area is 136 Å². The average Bonchev–Trinajstić information content (AvgIpc) is 3.11. The first kappa shape index (κ1) is 16.0. The van der Waals surface area contributed by atoms with Gasteiger partial charge >= 0.3 is 0 Å². The summed E-state index contributed by atoms with van der Waals surface area (Å²) in [5, 5.41) is 13.2. The summed E-state index contributed by atoms with van der Waals surface area (Å²) in [5.74, 6) is -0.162. The molecule has 0 spiro atoms. The first-order valence-corrected chi connectivity index (χ1v) is 8.32. The molecule has 2 unspecified atom stereocenters. The van der Waals surface area contributed by atoms with Crippen LogP contribution in [0.5, 0.6) is 0 Å². The molecular weight excluding hydrogens is 292 g/mol. The molecule has 2 fully saturated rings. The van der Waals surface area contributed by atoms with E-state index in [2.05, 4.69) is 5.32 Å². The van der Waals surface area contributed by atoms with Gasteiger partial charge in [0.25, 0.3) is 5.91 Å². The highest BCUT2D eigenvalue weighted by atomic mass is 16.3. The number of benzene rings is 1. The number of nitrogens with zero attached hydrogens (tertiary/aromatic N) is 1. The van der Waals surface area contributed by atoms with Crippen LogP contribution in [0.25, 0.3) is 0 Å². The van der Waals surface area contributed by atoms with Gasteiger partial charge in [-0.1, -0.05) is 30.3 Å². The fraction of sp³-hybridized carbons (Fsp3) is 0.556. The second kappa shape index (κ2) is 6.32. The second-order valence-corrected chi connectivity index (χ2v) is 6.77. The Morgan fingerprint density at radius 1 is 1.30 bits per heavy atom. The van der Waals surface area contributed by atoms with Crippen LogP contribution in [-0.2, 0) is 9.59 Å². The van der Waals surface area contributed by atoms with Gasteiger partial charge in [0, 0.05) is 25.9 Å². The van der Waals surface area contributed by atoms with Crippen molar-refractivity contribution in [2.75, 3.05) is 13.6 Å². The Bertz CT molecular complexity index is 581. The molecule has 2 atom stereocenters. The summed E-state index contributed by atoms with van der Waals surface area (Å²) in [5.41, 5.74) is -0.129. The van der Waals surface area contributed by atoms with E-state index in [4.69, 9.17) is 0 Å². The molecule has 124 valence electrons. The number of hydrogen-bond acceptors (Lipinski definition) is 3. The lowest BCUT2D eigenvalue weighted by Gasteiger charge is -2.27. The van der Waals surface area contributed by atoms with Gasteiger partial charge in [0.1, 0.15) is 5.60 Å². The first-order valence-electron chi connectivity index (χ1n) is 8.32. The molecule has 1 aromatic carbocycles. The fourth-order valence-corrected chi connectivity index (χ4v) is 3.86. The van der Waals surface area contributed by atoms with Crippen molar-refractivity contribution in [1.82, 2.24) is 10.2 Å². The maximum Gasteiger partial charge on any atom is 0.251 e. The van der Waals surface area contributed by atoms with E-state index in [1.807, 2.05) is 37.4 Å². The number of rotatable bonds is 4. The third-order valence-corrected chi connectivity index (χ3v) is 5.21.